The van der Waals surface area contributed by atoms with E-state index in [-0.39, 0.29) is 6.61 Å². The van der Waals surface area contributed by atoms with Crippen LogP contribution in [0.25, 0.3) is 10.9 Å². The molecule has 3 aliphatic rings. The van der Waals surface area contributed by atoms with Crippen molar-refractivity contribution in [2.24, 2.45) is 11.8 Å². The Morgan fingerprint density at radius 1 is 0.889 bits per heavy atom. The number of amides is 2. The fraction of sp³-hybridized carbons (Fsp3) is 0.294. The molecule has 3 aromatic carbocycles. The van der Waals surface area contributed by atoms with Crippen LogP contribution in [-0.2, 0) is 30.3 Å². The Hall–Kier alpha value is -5.32. The van der Waals surface area contributed by atoms with E-state index in [2.05, 4.69) is 4.98 Å². The molecule has 4 aromatic rings. The molecule has 2 aliphatic heterocycles. The highest BCUT2D eigenvalue weighted by Gasteiger charge is 2.61. The number of benzene rings is 3. The number of cyclic esters (lactones) is 3. The van der Waals surface area contributed by atoms with Gasteiger partial charge in [-0.1, -0.05) is 48.5 Å². The number of methoxy groups -OCH3 is 3. The van der Waals surface area contributed by atoms with Gasteiger partial charge in [-0.3, -0.25) is 14.4 Å². The first-order valence-corrected chi connectivity index (χ1v) is 14.6. The number of carbonyl (C=O) groups is 4. The summed E-state index contributed by atoms with van der Waals surface area (Å²) < 4.78 is 27.4. The Bertz CT molecular complexity index is 1820. The van der Waals surface area contributed by atoms with Gasteiger partial charge >= 0.3 is 18.0 Å². The molecule has 7 rings (SSSR count). The second kappa shape index (κ2) is 11.0. The lowest BCUT2D eigenvalue weighted by Crippen LogP contribution is -2.48. The summed E-state index contributed by atoms with van der Waals surface area (Å²) in [5.74, 6) is -5.33. The first-order valence-electron chi connectivity index (χ1n) is 14.6. The molecule has 45 heavy (non-hydrogen) atoms. The van der Waals surface area contributed by atoms with Crippen molar-refractivity contribution in [1.29, 1.82) is 0 Å². The van der Waals surface area contributed by atoms with E-state index < -0.39 is 53.7 Å². The van der Waals surface area contributed by atoms with E-state index in [9.17, 15) is 19.2 Å². The number of nitrogens with one attached hydrogen (secondary N) is 1. The van der Waals surface area contributed by atoms with E-state index >= 15 is 0 Å². The number of para-hydroxylation sites is 1. The largest absolute Gasteiger partial charge is 0.493 e. The second-order valence-electron chi connectivity index (χ2n) is 11.3. The third-order valence-corrected chi connectivity index (χ3v) is 9.07. The van der Waals surface area contributed by atoms with E-state index in [1.165, 1.54) is 21.3 Å². The van der Waals surface area contributed by atoms with Crippen LogP contribution in [-0.4, -0.2) is 67.8 Å². The first-order chi connectivity index (χ1) is 21.9. The van der Waals surface area contributed by atoms with Gasteiger partial charge < -0.3 is 28.7 Å². The standard InChI is InChI=1S/C34H30N2O9/c1-41-22-14-18(15-23(42-2)30(22)43-3)24-25-20-11-7-8-12-21(20)35-29(25)28(27-26(24)32(38)45-33(27)39)31(37)36-19(16-44-34(36)40)13-17-9-5-4-6-10-17/h4-12,14-15,19,24,26-28,35H,13,16H2,1-3H3. The number of ether oxygens (including phenoxy) is 5. The molecule has 11 nitrogen and oxygen atoms in total. The van der Waals surface area contributed by atoms with Gasteiger partial charge in [-0.15, -0.1) is 0 Å². The number of H-pyrrole nitrogens is 1. The van der Waals surface area contributed by atoms with E-state index in [0.29, 0.717) is 46.0 Å². The molecular formula is C34H30N2O9. The van der Waals surface area contributed by atoms with E-state index in [4.69, 9.17) is 23.7 Å². The molecule has 2 saturated heterocycles. The van der Waals surface area contributed by atoms with E-state index in [1.807, 2.05) is 54.6 Å². The molecule has 1 aliphatic carbocycles. The van der Waals surface area contributed by atoms with Crippen LogP contribution >= 0.6 is 0 Å². The van der Waals surface area contributed by atoms with Gasteiger partial charge in [0, 0.05) is 22.5 Å². The number of aromatic amines is 1. The normalized spacial score (nSPS) is 23.8. The van der Waals surface area contributed by atoms with Gasteiger partial charge in [0.15, 0.2) is 11.5 Å². The molecule has 2 fully saturated rings. The number of nitrogens with zero attached hydrogens (tertiary/aromatic N) is 1. The molecule has 5 atom stereocenters. The fourth-order valence-electron chi connectivity index (χ4n) is 7.19. The summed E-state index contributed by atoms with van der Waals surface area (Å²) in [4.78, 5) is 59.3. The Morgan fingerprint density at radius 2 is 1.56 bits per heavy atom. The van der Waals surface area contributed by atoms with Gasteiger partial charge in [-0.25, -0.2) is 9.69 Å². The smallest absolute Gasteiger partial charge is 0.417 e. The van der Waals surface area contributed by atoms with Gasteiger partial charge in [-0.05, 0) is 41.3 Å². The molecule has 3 heterocycles. The molecule has 0 spiro atoms. The van der Waals surface area contributed by atoms with Crippen LogP contribution in [0.3, 0.4) is 0 Å². The summed E-state index contributed by atoms with van der Waals surface area (Å²) in [5.41, 5.74) is 3.32. The van der Waals surface area contributed by atoms with Crippen molar-refractivity contribution >= 4 is 34.8 Å². The molecule has 5 unspecified atom stereocenters. The van der Waals surface area contributed by atoms with Crippen molar-refractivity contribution in [3.8, 4) is 17.2 Å². The molecule has 0 bridgehead atoms. The zero-order valence-corrected chi connectivity index (χ0v) is 24.8. The van der Waals surface area contributed by atoms with Gasteiger partial charge in [0.25, 0.3) is 0 Å². The van der Waals surface area contributed by atoms with Gasteiger partial charge in [-0.2, -0.15) is 0 Å². The van der Waals surface area contributed by atoms with Crippen LogP contribution in [0.1, 0.15) is 34.2 Å². The zero-order chi connectivity index (χ0) is 31.4. The molecule has 1 N–H and O–H groups in total. The highest BCUT2D eigenvalue weighted by Crippen LogP contribution is 2.56. The van der Waals surface area contributed by atoms with Crippen molar-refractivity contribution in [2.75, 3.05) is 27.9 Å². The third kappa shape index (κ3) is 4.41. The maximum atomic E-state index is 14.6. The average Bonchev–Trinajstić information content (AvgIpc) is 3.71. The number of imide groups is 1. The topological polar surface area (TPSA) is 133 Å². The Morgan fingerprint density at radius 3 is 2.24 bits per heavy atom. The quantitative estimate of drug-likeness (QED) is 0.240. The van der Waals surface area contributed by atoms with Crippen LogP contribution in [0.2, 0.25) is 0 Å². The minimum Gasteiger partial charge on any atom is -0.493 e. The number of hydrogen-bond acceptors (Lipinski definition) is 9. The molecule has 0 saturated carbocycles. The van der Waals surface area contributed by atoms with Crippen LogP contribution < -0.4 is 14.2 Å². The highest BCUT2D eigenvalue weighted by molar-refractivity contribution is 6.07. The lowest BCUT2D eigenvalue weighted by molar-refractivity contribution is -0.154. The maximum absolute atomic E-state index is 14.6. The number of esters is 2. The molecule has 230 valence electrons. The lowest BCUT2D eigenvalue weighted by atomic mass is 9.64. The minimum atomic E-state index is -1.21. The number of fused-ring (bicyclic) bond motifs is 4. The predicted molar refractivity (Wildman–Crippen MR) is 159 cm³/mol. The van der Waals surface area contributed by atoms with Crippen molar-refractivity contribution in [3.05, 3.63) is 89.1 Å². The minimum absolute atomic E-state index is 0.0112. The lowest BCUT2D eigenvalue weighted by Gasteiger charge is -2.37. The molecule has 0 radical (unpaired) electrons. The van der Waals surface area contributed by atoms with Gasteiger partial charge in [0.1, 0.15) is 6.61 Å². The Kier molecular flexibility index (Phi) is 6.95. The molecule has 2 amide bonds. The zero-order valence-electron chi connectivity index (χ0n) is 24.8. The van der Waals surface area contributed by atoms with Gasteiger partial charge in [0.05, 0.1) is 45.1 Å². The first kappa shape index (κ1) is 28.5. The molecule has 11 heteroatoms. The SMILES string of the molecule is COc1cc(C2c3c([nH]c4ccccc34)C(C(=O)N3C(=O)OCC3Cc3ccccc3)C3C(=O)OC(=O)C23)cc(OC)c1OC. The maximum Gasteiger partial charge on any atom is 0.417 e. The second-order valence-corrected chi connectivity index (χ2v) is 11.3. The van der Waals surface area contributed by atoms with Crippen molar-refractivity contribution in [1.82, 2.24) is 9.88 Å². The van der Waals surface area contributed by atoms with Crippen molar-refractivity contribution < 1.29 is 42.9 Å². The van der Waals surface area contributed by atoms with E-state index in [0.717, 1.165) is 15.8 Å². The summed E-state index contributed by atoms with van der Waals surface area (Å²) >= 11 is 0. The van der Waals surface area contributed by atoms with Crippen molar-refractivity contribution in [2.45, 2.75) is 24.3 Å². The van der Waals surface area contributed by atoms with Crippen LogP contribution in [0, 0.1) is 11.8 Å². The third-order valence-electron chi connectivity index (χ3n) is 9.07. The summed E-state index contributed by atoms with van der Waals surface area (Å²) in [7, 11) is 4.47. The highest BCUT2D eigenvalue weighted by atomic mass is 16.6. The Labute approximate surface area is 258 Å². The monoisotopic (exact) mass is 610 g/mol. The van der Waals surface area contributed by atoms with Gasteiger partial charge in [0.2, 0.25) is 11.7 Å². The fourth-order valence-corrected chi connectivity index (χ4v) is 7.19. The molecule has 1 aromatic heterocycles. The summed E-state index contributed by atoms with van der Waals surface area (Å²) in [6.45, 7) is 0.0112. The van der Waals surface area contributed by atoms with Crippen LogP contribution in [0.4, 0.5) is 4.79 Å². The van der Waals surface area contributed by atoms with Crippen LogP contribution in [0.15, 0.2) is 66.7 Å². The summed E-state index contributed by atoms with van der Waals surface area (Å²) in [6, 6.07) is 19.8. The van der Waals surface area contributed by atoms with Crippen molar-refractivity contribution in [3.63, 3.8) is 0 Å². The average molecular weight is 611 g/mol. The Balaban J connectivity index is 1.42. The number of rotatable bonds is 7. The van der Waals surface area contributed by atoms with E-state index in [1.54, 1.807) is 12.1 Å². The number of carbonyl (C=O) groups excluding carboxylic acids is 4. The number of hydrogen-bond donors (Lipinski definition) is 1. The summed E-state index contributed by atoms with van der Waals surface area (Å²) in [6.07, 6.45) is -0.421. The predicted octanol–water partition coefficient (Wildman–Crippen LogP) is 4.33. The van der Waals surface area contributed by atoms with Crippen LogP contribution in [0.5, 0.6) is 17.2 Å². The number of aromatic nitrogens is 1. The summed E-state index contributed by atoms with van der Waals surface area (Å²) in [5, 5.41) is 0.763. The molecular weight excluding hydrogens is 580 g/mol.